The summed E-state index contributed by atoms with van der Waals surface area (Å²) in [7, 11) is 0. The van der Waals surface area contributed by atoms with Gasteiger partial charge in [-0.05, 0) is 30.7 Å². The van der Waals surface area contributed by atoms with Crippen molar-refractivity contribution in [2.45, 2.75) is 6.92 Å². The first-order chi connectivity index (χ1) is 9.16. The van der Waals surface area contributed by atoms with E-state index in [1.165, 1.54) is 0 Å². The van der Waals surface area contributed by atoms with E-state index in [2.05, 4.69) is 28.1 Å². The average Bonchev–Trinajstić information content (AvgIpc) is 2.44. The molecule has 0 spiro atoms. The van der Waals surface area contributed by atoms with Crippen molar-refractivity contribution in [3.63, 3.8) is 0 Å². The van der Waals surface area contributed by atoms with Gasteiger partial charge in [0.2, 0.25) is 0 Å². The summed E-state index contributed by atoms with van der Waals surface area (Å²) >= 11 is 9.96. The van der Waals surface area contributed by atoms with Crippen LogP contribution in [0.2, 0.25) is 5.02 Å². The molecule has 0 aliphatic rings. The van der Waals surface area contributed by atoms with Gasteiger partial charge in [0.15, 0.2) is 0 Å². The normalized spacial score (nSPS) is 10.9. The minimum absolute atomic E-state index is 0.769. The van der Waals surface area contributed by atoms with Gasteiger partial charge in [-0.1, -0.05) is 57.9 Å². The number of halogens is 2. The van der Waals surface area contributed by atoms with Crippen LogP contribution in [0.15, 0.2) is 53.0 Å². The molecule has 0 bridgehead atoms. The largest absolute Gasteiger partial charge is 0.247 e. The molecular weight excluding hydrogens is 322 g/mol. The second kappa shape index (κ2) is 4.95. The second-order valence-corrected chi connectivity index (χ2v) is 5.72. The molecule has 1 heterocycles. The highest BCUT2D eigenvalue weighted by Gasteiger charge is 2.11. The summed E-state index contributed by atoms with van der Waals surface area (Å²) < 4.78 is 1.01. The maximum Gasteiger partial charge on any atom is 0.0753 e. The van der Waals surface area contributed by atoms with Gasteiger partial charge in [-0.3, -0.25) is 0 Å². The highest BCUT2D eigenvalue weighted by Crippen LogP contribution is 2.33. The standard InChI is InChI=1S/C16H11BrClN/c1-10-15(18)13-9-12(17)7-8-14(13)19-16(10)11-5-3-2-4-6-11/h2-9H,1H3. The fourth-order valence-corrected chi connectivity index (χ4v) is 2.77. The first kappa shape index (κ1) is 12.6. The summed E-state index contributed by atoms with van der Waals surface area (Å²) in [4.78, 5) is 4.74. The maximum absolute atomic E-state index is 6.49. The Labute approximate surface area is 125 Å². The number of rotatable bonds is 1. The smallest absolute Gasteiger partial charge is 0.0753 e. The summed E-state index contributed by atoms with van der Waals surface area (Å²) in [5.74, 6) is 0. The quantitative estimate of drug-likeness (QED) is 0.563. The lowest BCUT2D eigenvalue weighted by Gasteiger charge is -2.10. The van der Waals surface area contributed by atoms with Crippen molar-refractivity contribution in [2.75, 3.05) is 0 Å². The third-order valence-corrected chi connectivity index (χ3v) is 4.14. The molecule has 3 rings (SSSR count). The molecule has 1 aromatic heterocycles. The van der Waals surface area contributed by atoms with E-state index in [-0.39, 0.29) is 0 Å². The van der Waals surface area contributed by atoms with E-state index in [0.717, 1.165) is 37.2 Å². The zero-order valence-corrected chi connectivity index (χ0v) is 12.7. The van der Waals surface area contributed by atoms with Crippen LogP contribution in [0, 0.1) is 6.92 Å². The first-order valence-corrected chi connectivity index (χ1v) is 7.14. The lowest BCUT2D eigenvalue weighted by Crippen LogP contribution is -1.92. The van der Waals surface area contributed by atoms with Gasteiger partial charge in [0.1, 0.15) is 0 Å². The van der Waals surface area contributed by atoms with Crippen LogP contribution in [0.3, 0.4) is 0 Å². The molecule has 0 radical (unpaired) electrons. The molecule has 3 aromatic rings. The van der Waals surface area contributed by atoms with E-state index >= 15 is 0 Å². The number of hydrogen-bond acceptors (Lipinski definition) is 1. The highest BCUT2D eigenvalue weighted by molar-refractivity contribution is 9.10. The van der Waals surface area contributed by atoms with E-state index in [1.54, 1.807) is 0 Å². The van der Waals surface area contributed by atoms with Crippen molar-refractivity contribution >= 4 is 38.4 Å². The maximum atomic E-state index is 6.49. The van der Waals surface area contributed by atoms with Crippen molar-refractivity contribution in [3.8, 4) is 11.3 Å². The van der Waals surface area contributed by atoms with Crippen LogP contribution in [-0.2, 0) is 0 Å². The SMILES string of the molecule is Cc1c(-c2ccccc2)nc2ccc(Br)cc2c1Cl. The molecule has 0 unspecified atom stereocenters. The molecular formula is C16H11BrClN. The first-order valence-electron chi connectivity index (χ1n) is 5.97. The molecule has 94 valence electrons. The van der Waals surface area contributed by atoms with E-state index < -0.39 is 0 Å². The average molecular weight is 333 g/mol. The van der Waals surface area contributed by atoms with Crippen molar-refractivity contribution in [3.05, 3.63) is 63.6 Å². The minimum Gasteiger partial charge on any atom is -0.247 e. The number of pyridine rings is 1. The third-order valence-electron chi connectivity index (χ3n) is 3.16. The molecule has 0 saturated heterocycles. The Morgan fingerprint density at radius 1 is 1.05 bits per heavy atom. The van der Waals surface area contributed by atoms with Gasteiger partial charge in [-0.25, -0.2) is 4.98 Å². The molecule has 19 heavy (non-hydrogen) atoms. The van der Waals surface area contributed by atoms with E-state index in [1.807, 2.05) is 43.3 Å². The van der Waals surface area contributed by atoms with Crippen molar-refractivity contribution < 1.29 is 0 Å². The van der Waals surface area contributed by atoms with Gasteiger partial charge in [-0.15, -0.1) is 0 Å². The van der Waals surface area contributed by atoms with Crippen LogP contribution in [0.25, 0.3) is 22.2 Å². The van der Waals surface area contributed by atoms with Crippen LogP contribution in [-0.4, -0.2) is 4.98 Å². The monoisotopic (exact) mass is 331 g/mol. The highest BCUT2D eigenvalue weighted by atomic mass is 79.9. The van der Waals surface area contributed by atoms with Gasteiger partial charge in [-0.2, -0.15) is 0 Å². The topological polar surface area (TPSA) is 12.9 Å². The fraction of sp³-hybridized carbons (Fsp3) is 0.0625. The van der Waals surface area contributed by atoms with Crippen molar-refractivity contribution in [1.82, 2.24) is 4.98 Å². The van der Waals surface area contributed by atoms with Gasteiger partial charge < -0.3 is 0 Å². The van der Waals surface area contributed by atoms with Gasteiger partial charge in [0.25, 0.3) is 0 Å². The molecule has 0 aliphatic carbocycles. The Morgan fingerprint density at radius 2 is 1.79 bits per heavy atom. The number of aromatic nitrogens is 1. The molecule has 2 aromatic carbocycles. The molecule has 3 heteroatoms. The molecule has 1 nitrogen and oxygen atoms in total. The summed E-state index contributed by atoms with van der Waals surface area (Å²) in [5, 5.41) is 1.75. The van der Waals surface area contributed by atoms with Crippen LogP contribution in [0.1, 0.15) is 5.56 Å². The Kier molecular flexibility index (Phi) is 3.29. The minimum atomic E-state index is 0.769. The van der Waals surface area contributed by atoms with Crippen LogP contribution in [0.5, 0.6) is 0 Å². The lowest BCUT2D eigenvalue weighted by molar-refractivity contribution is 1.33. The molecule has 0 aliphatic heterocycles. The predicted octanol–water partition coefficient (Wildman–Crippen LogP) is 5.63. The number of fused-ring (bicyclic) bond motifs is 1. The van der Waals surface area contributed by atoms with Crippen molar-refractivity contribution in [1.29, 1.82) is 0 Å². The van der Waals surface area contributed by atoms with Crippen LogP contribution < -0.4 is 0 Å². The summed E-state index contributed by atoms with van der Waals surface area (Å²) in [5.41, 5.74) is 3.96. The summed E-state index contributed by atoms with van der Waals surface area (Å²) in [6.07, 6.45) is 0. The lowest BCUT2D eigenvalue weighted by atomic mass is 10.0. The number of benzene rings is 2. The zero-order valence-electron chi connectivity index (χ0n) is 10.3. The fourth-order valence-electron chi connectivity index (χ4n) is 2.17. The Morgan fingerprint density at radius 3 is 2.53 bits per heavy atom. The molecule has 0 saturated carbocycles. The third kappa shape index (κ3) is 2.26. The zero-order chi connectivity index (χ0) is 13.4. The number of nitrogens with zero attached hydrogens (tertiary/aromatic N) is 1. The molecule has 0 N–H and O–H groups in total. The van der Waals surface area contributed by atoms with Gasteiger partial charge >= 0.3 is 0 Å². The van der Waals surface area contributed by atoms with E-state index in [4.69, 9.17) is 16.6 Å². The Balaban J connectivity index is 2.34. The Hall–Kier alpha value is -1.38. The Bertz CT molecular complexity index is 754. The van der Waals surface area contributed by atoms with Gasteiger partial charge in [0, 0.05) is 15.4 Å². The van der Waals surface area contributed by atoms with Crippen LogP contribution >= 0.6 is 27.5 Å². The predicted molar refractivity (Wildman–Crippen MR) is 84.6 cm³/mol. The van der Waals surface area contributed by atoms with Gasteiger partial charge in [0.05, 0.1) is 16.2 Å². The van der Waals surface area contributed by atoms with Crippen LogP contribution in [0.4, 0.5) is 0 Å². The van der Waals surface area contributed by atoms with E-state index in [0.29, 0.717) is 0 Å². The summed E-state index contributed by atoms with van der Waals surface area (Å²) in [6, 6.07) is 16.1. The number of hydrogen-bond donors (Lipinski definition) is 0. The molecule has 0 fully saturated rings. The molecule has 0 amide bonds. The van der Waals surface area contributed by atoms with Crippen molar-refractivity contribution in [2.24, 2.45) is 0 Å². The summed E-state index contributed by atoms with van der Waals surface area (Å²) in [6.45, 7) is 2.01. The second-order valence-electron chi connectivity index (χ2n) is 4.43. The van der Waals surface area contributed by atoms with E-state index in [9.17, 15) is 0 Å². The molecule has 0 atom stereocenters.